The summed E-state index contributed by atoms with van der Waals surface area (Å²) in [6, 6.07) is 7.36. The van der Waals surface area contributed by atoms with Crippen molar-refractivity contribution >= 4 is 40.9 Å². The molecule has 3 aromatic rings. The van der Waals surface area contributed by atoms with E-state index in [4.69, 9.17) is 0 Å². The Hall–Kier alpha value is -2.92. The van der Waals surface area contributed by atoms with Crippen molar-refractivity contribution in [3.63, 3.8) is 0 Å². The number of nitroso groups, excluding NO2 is 1. The molecular weight excluding hydrogens is 463 g/mol. The Morgan fingerprint density at radius 3 is 2.76 bits per heavy atom. The highest BCUT2D eigenvalue weighted by Crippen LogP contribution is 2.38. The Labute approximate surface area is 198 Å². The standard InChI is InChI=1S/C22H21FN6O2S2/c23-33-21-16(3-4-18(27-21)28-9-5-14(6-10-28)12-25-31)20-26-17-7-11-29(22(30)19(17)32-20)15-2-1-8-24-13-15/h1-4,8,13-14H,5-7,9-12H2. The van der Waals surface area contributed by atoms with Gasteiger partial charge in [0, 0.05) is 37.8 Å². The third-order valence-electron chi connectivity index (χ3n) is 6.09. The van der Waals surface area contributed by atoms with Crippen molar-refractivity contribution < 1.29 is 8.68 Å². The zero-order valence-corrected chi connectivity index (χ0v) is 19.3. The molecule has 8 nitrogen and oxygen atoms in total. The summed E-state index contributed by atoms with van der Waals surface area (Å²) in [7, 11) is 0. The highest BCUT2D eigenvalue weighted by Gasteiger charge is 2.30. The minimum Gasteiger partial charge on any atom is -0.357 e. The van der Waals surface area contributed by atoms with E-state index in [1.807, 2.05) is 18.2 Å². The summed E-state index contributed by atoms with van der Waals surface area (Å²) >= 11 is 1.37. The van der Waals surface area contributed by atoms with Crippen LogP contribution in [0.25, 0.3) is 10.6 Å². The number of hydrogen-bond donors (Lipinski definition) is 0. The number of aromatic nitrogens is 3. The summed E-state index contributed by atoms with van der Waals surface area (Å²) in [5.41, 5.74) is 2.08. The third kappa shape index (κ3) is 4.34. The van der Waals surface area contributed by atoms with Crippen LogP contribution in [0, 0.1) is 10.8 Å². The molecule has 5 rings (SSSR count). The van der Waals surface area contributed by atoms with Gasteiger partial charge in [0.05, 0.1) is 24.1 Å². The van der Waals surface area contributed by atoms with Gasteiger partial charge in [0.25, 0.3) is 5.91 Å². The van der Waals surface area contributed by atoms with E-state index >= 15 is 0 Å². The second-order valence-corrected chi connectivity index (χ2v) is 9.59. The van der Waals surface area contributed by atoms with Crippen LogP contribution in [-0.4, -0.2) is 47.0 Å². The van der Waals surface area contributed by atoms with Gasteiger partial charge in [-0.15, -0.1) is 11.3 Å². The summed E-state index contributed by atoms with van der Waals surface area (Å²) in [5.74, 6) is 0.898. The van der Waals surface area contributed by atoms with Crippen LogP contribution in [-0.2, 0) is 6.42 Å². The number of carbonyl (C=O) groups is 1. The molecule has 0 aromatic carbocycles. The van der Waals surface area contributed by atoms with Crippen molar-refractivity contribution in [2.45, 2.75) is 24.3 Å². The van der Waals surface area contributed by atoms with Gasteiger partial charge >= 0.3 is 0 Å². The molecule has 0 aliphatic carbocycles. The first-order valence-corrected chi connectivity index (χ1v) is 12.3. The van der Waals surface area contributed by atoms with Gasteiger partial charge in [0.1, 0.15) is 32.9 Å². The highest BCUT2D eigenvalue weighted by molar-refractivity contribution is 7.94. The molecule has 1 fully saturated rings. The van der Waals surface area contributed by atoms with Crippen LogP contribution in [0.1, 0.15) is 28.2 Å². The maximum Gasteiger partial charge on any atom is 0.270 e. The number of nitrogens with zero attached hydrogens (tertiary/aromatic N) is 6. The SMILES string of the molecule is O=NCC1CCN(c2ccc(-c3nc4c(s3)C(=O)N(c3cccnc3)CC4)c(SF)n2)CC1. The van der Waals surface area contributed by atoms with Gasteiger partial charge in [-0.3, -0.25) is 9.78 Å². The number of piperidine rings is 1. The van der Waals surface area contributed by atoms with Crippen molar-refractivity contribution in [2.24, 2.45) is 11.1 Å². The smallest absolute Gasteiger partial charge is 0.270 e. The fourth-order valence-corrected chi connectivity index (χ4v) is 5.81. The number of thiazole rings is 1. The van der Waals surface area contributed by atoms with Crippen molar-refractivity contribution in [3.05, 3.63) is 52.1 Å². The van der Waals surface area contributed by atoms with Gasteiger partial charge in [-0.25, -0.2) is 9.97 Å². The molecule has 2 aliphatic heterocycles. The number of pyridine rings is 2. The first-order chi connectivity index (χ1) is 16.2. The number of hydrogen-bond acceptors (Lipinski definition) is 9. The average Bonchev–Trinajstić information content (AvgIpc) is 3.30. The molecule has 170 valence electrons. The van der Waals surface area contributed by atoms with Gasteiger partial charge in [-0.2, -0.15) is 8.79 Å². The second kappa shape index (κ2) is 9.52. The van der Waals surface area contributed by atoms with Crippen molar-refractivity contribution in [1.82, 2.24) is 15.0 Å². The lowest BCUT2D eigenvalue weighted by Gasteiger charge is -2.32. The predicted octanol–water partition coefficient (Wildman–Crippen LogP) is 4.76. The number of fused-ring (bicyclic) bond motifs is 1. The summed E-state index contributed by atoms with van der Waals surface area (Å²) in [6.45, 7) is 2.38. The largest absolute Gasteiger partial charge is 0.357 e. The number of halogens is 1. The average molecular weight is 485 g/mol. The monoisotopic (exact) mass is 484 g/mol. The first-order valence-electron chi connectivity index (χ1n) is 10.7. The Balaban J connectivity index is 1.38. The summed E-state index contributed by atoms with van der Waals surface area (Å²) in [5, 5.41) is 3.85. The Kier molecular flexibility index (Phi) is 6.32. The minimum atomic E-state index is -0.111. The van der Waals surface area contributed by atoms with E-state index in [2.05, 4.69) is 25.0 Å². The minimum absolute atomic E-state index is 0.0902. The third-order valence-corrected chi connectivity index (χ3v) is 7.66. The van der Waals surface area contributed by atoms with E-state index in [1.165, 1.54) is 11.3 Å². The van der Waals surface area contributed by atoms with E-state index < -0.39 is 0 Å². The second-order valence-electron chi connectivity index (χ2n) is 8.05. The molecule has 2 aliphatic rings. The van der Waals surface area contributed by atoms with E-state index in [9.17, 15) is 13.6 Å². The van der Waals surface area contributed by atoms with E-state index in [0.717, 1.165) is 37.3 Å². The van der Waals surface area contributed by atoms with Crippen LogP contribution in [0.15, 0.2) is 46.9 Å². The van der Waals surface area contributed by atoms with Crippen LogP contribution >= 0.6 is 23.5 Å². The molecule has 1 saturated heterocycles. The molecule has 5 heterocycles. The number of amides is 1. The molecule has 0 N–H and O–H groups in total. The number of anilines is 2. The maximum atomic E-state index is 13.9. The molecule has 33 heavy (non-hydrogen) atoms. The fraction of sp³-hybridized carbons (Fsp3) is 0.364. The molecule has 11 heteroatoms. The maximum absolute atomic E-state index is 13.9. The van der Waals surface area contributed by atoms with Crippen LogP contribution in [0.3, 0.4) is 0 Å². The molecule has 0 bridgehead atoms. The number of carbonyl (C=O) groups excluding carboxylic acids is 1. The van der Waals surface area contributed by atoms with Crippen molar-refractivity contribution in [2.75, 3.05) is 36.0 Å². The summed E-state index contributed by atoms with van der Waals surface area (Å²) in [4.78, 5) is 41.3. The van der Waals surface area contributed by atoms with Crippen LogP contribution in [0.4, 0.5) is 15.4 Å². The molecule has 1 amide bonds. The molecule has 3 aromatic heterocycles. The molecule has 0 saturated carbocycles. The van der Waals surface area contributed by atoms with E-state index in [1.54, 1.807) is 23.4 Å². The first kappa shape index (κ1) is 21.9. The zero-order chi connectivity index (χ0) is 22.8. The van der Waals surface area contributed by atoms with E-state index in [-0.39, 0.29) is 23.1 Å². The molecule has 0 atom stereocenters. The molecule has 0 unspecified atom stereocenters. The van der Waals surface area contributed by atoms with Gasteiger partial charge in [0.2, 0.25) is 0 Å². The van der Waals surface area contributed by atoms with Crippen LogP contribution in [0.2, 0.25) is 0 Å². The lowest BCUT2D eigenvalue weighted by molar-refractivity contribution is 0.0984. The number of rotatable bonds is 6. The van der Waals surface area contributed by atoms with Gasteiger partial charge < -0.3 is 9.80 Å². The van der Waals surface area contributed by atoms with Crippen LogP contribution in [0.5, 0.6) is 0 Å². The Bertz CT molecular complexity index is 1170. The molecule has 0 radical (unpaired) electrons. The van der Waals surface area contributed by atoms with Gasteiger partial charge in [-0.1, -0.05) is 5.18 Å². The van der Waals surface area contributed by atoms with Crippen molar-refractivity contribution in [3.8, 4) is 10.6 Å². The van der Waals surface area contributed by atoms with Crippen molar-refractivity contribution in [1.29, 1.82) is 0 Å². The zero-order valence-electron chi connectivity index (χ0n) is 17.7. The lowest BCUT2D eigenvalue weighted by Crippen LogP contribution is -2.36. The molecular formula is C22H21FN6O2S2. The Morgan fingerprint density at radius 1 is 1.18 bits per heavy atom. The van der Waals surface area contributed by atoms with Gasteiger partial charge in [-0.05, 0) is 43.0 Å². The predicted molar refractivity (Wildman–Crippen MR) is 128 cm³/mol. The molecule has 0 spiro atoms. The highest BCUT2D eigenvalue weighted by atomic mass is 32.2. The quantitative estimate of drug-likeness (QED) is 0.466. The lowest BCUT2D eigenvalue weighted by atomic mass is 9.97. The van der Waals surface area contributed by atoms with Crippen LogP contribution < -0.4 is 9.80 Å². The summed E-state index contributed by atoms with van der Waals surface area (Å²) in [6.07, 6.45) is 5.69. The Morgan fingerprint density at radius 2 is 2.03 bits per heavy atom. The normalized spacial score (nSPS) is 16.7. The van der Waals surface area contributed by atoms with Gasteiger partial charge in [0.15, 0.2) is 0 Å². The topological polar surface area (TPSA) is 91.7 Å². The fourth-order valence-electron chi connectivity index (χ4n) is 4.28. The van der Waals surface area contributed by atoms with E-state index in [0.29, 0.717) is 46.7 Å². The summed E-state index contributed by atoms with van der Waals surface area (Å²) < 4.78 is 13.9.